The molecular weight excluding hydrogens is 460 g/mol. The van der Waals surface area contributed by atoms with Crippen LogP contribution in [0.4, 0.5) is 11.4 Å². The van der Waals surface area contributed by atoms with Gasteiger partial charge < -0.3 is 20.6 Å². The molecule has 7 nitrogen and oxygen atoms in total. The van der Waals surface area contributed by atoms with Gasteiger partial charge in [-0.1, -0.05) is 38.1 Å². The molecule has 3 aromatic rings. The lowest BCUT2D eigenvalue weighted by atomic mass is 10.00. The molecule has 3 N–H and O–H groups in total. The smallest absolute Gasteiger partial charge is 0.326 e. The summed E-state index contributed by atoms with van der Waals surface area (Å²) in [6, 6.07) is 21.5. The number of anilines is 2. The first-order chi connectivity index (χ1) is 16.8. The Labute approximate surface area is 209 Å². The lowest BCUT2D eigenvalue weighted by Crippen LogP contribution is -2.44. The number of carboxylic acids is 1. The van der Waals surface area contributed by atoms with Crippen LogP contribution in [0.25, 0.3) is 11.1 Å². The summed E-state index contributed by atoms with van der Waals surface area (Å²) < 4.78 is 0. The molecule has 1 amide bonds. The Hall–Kier alpha value is -4.22. The normalized spacial score (nSPS) is 13.2. The molecule has 176 valence electrons. The number of rotatable bonds is 6. The molecule has 8 heteroatoms. The van der Waals surface area contributed by atoms with E-state index in [1.54, 1.807) is 24.3 Å². The Morgan fingerprint density at radius 2 is 1.57 bits per heavy atom. The molecular formula is C27H24N4O3S. The van der Waals surface area contributed by atoms with Crippen molar-refractivity contribution in [3.05, 3.63) is 83.4 Å². The standard InChI is InChI=1S/C27H24N4O3S/c1-16(2)24(26(33)34)31-15-20-6-5-19(13-23(20)25(31)32)18-7-11-22(12-8-18)30-27(35)29-21-9-3-17(14-28)4-10-21/h3-13,16,24H,15H2,1-2H3,(H,33,34)(H2,29,30,35)/t24-/m0/s1. The number of aliphatic carboxylic acids is 1. The number of nitrogens with one attached hydrogen (secondary N) is 2. The van der Waals surface area contributed by atoms with Crippen LogP contribution in [0.5, 0.6) is 0 Å². The number of hydrogen-bond donors (Lipinski definition) is 3. The second-order valence-corrected chi connectivity index (χ2v) is 9.09. The number of hydrogen-bond acceptors (Lipinski definition) is 4. The predicted octanol–water partition coefficient (Wildman–Crippen LogP) is 5.10. The van der Waals surface area contributed by atoms with E-state index in [9.17, 15) is 14.7 Å². The molecule has 0 spiro atoms. The Bertz CT molecular complexity index is 1330. The topological polar surface area (TPSA) is 105 Å². The van der Waals surface area contributed by atoms with Gasteiger partial charge in [0, 0.05) is 23.5 Å². The second-order valence-electron chi connectivity index (χ2n) is 8.68. The van der Waals surface area contributed by atoms with Gasteiger partial charge in [0.15, 0.2) is 5.11 Å². The summed E-state index contributed by atoms with van der Waals surface area (Å²) >= 11 is 5.37. The fourth-order valence-electron chi connectivity index (χ4n) is 4.17. The minimum Gasteiger partial charge on any atom is -0.480 e. The third-order valence-electron chi connectivity index (χ3n) is 5.91. The van der Waals surface area contributed by atoms with Gasteiger partial charge in [0.1, 0.15) is 6.04 Å². The number of nitrogens with zero attached hydrogens (tertiary/aromatic N) is 2. The van der Waals surface area contributed by atoms with Gasteiger partial charge in [-0.25, -0.2) is 4.79 Å². The van der Waals surface area contributed by atoms with Crippen LogP contribution < -0.4 is 10.6 Å². The van der Waals surface area contributed by atoms with Crippen LogP contribution in [-0.2, 0) is 11.3 Å². The third kappa shape index (κ3) is 5.15. The molecule has 4 rings (SSSR count). The van der Waals surface area contributed by atoms with Crippen molar-refractivity contribution < 1.29 is 14.7 Å². The maximum absolute atomic E-state index is 13.0. The lowest BCUT2D eigenvalue weighted by Gasteiger charge is -2.27. The molecule has 0 aromatic heterocycles. The van der Waals surface area contributed by atoms with Crippen molar-refractivity contribution in [2.75, 3.05) is 10.6 Å². The van der Waals surface area contributed by atoms with Gasteiger partial charge in [0.2, 0.25) is 0 Å². The monoisotopic (exact) mass is 484 g/mol. The van der Waals surface area contributed by atoms with Crippen LogP contribution in [0, 0.1) is 17.2 Å². The highest BCUT2D eigenvalue weighted by Crippen LogP contribution is 2.31. The first kappa shape index (κ1) is 23.9. The molecule has 0 saturated heterocycles. The van der Waals surface area contributed by atoms with Crippen molar-refractivity contribution in [3.8, 4) is 17.2 Å². The average Bonchev–Trinajstić information content (AvgIpc) is 3.15. The second kappa shape index (κ2) is 9.95. The summed E-state index contributed by atoms with van der Waals surface area (Å²) in [6.45, 7) is 3.92. The fraction of sp³-hybridized carbons (Fsp3) is 0.185. The van der Waals surface area contributed by atoms with Gasteiger partial charge in [-0.15, -0.1) is 0 Å². The highest BCUT2D eigenvalue weighted by molar-refractivity contribution is 7.80. The molecule has 0 unspecified atom stereocenters. The number of thiocarbonyl (C=S) groups is 1. The number of amides is 1. The molecule has 1 aliphatic rings. The van der Waals surface area contributed by atoms with Gasteiger partial charge in [-0.2, -0.15) is 5.26 Å². The summed E-state index contributed by atoms with van der Waals surface area (Å²) in [4.78, 5) is 26.2. The van der Waals surface area contributed by atoms with E-state index in [2.05, 4.69) is 16.7 Å². The molecule has 0 fully saturated rings. The number of nitriles is 1. The quantitative estimate of drug-likeness (QED) is 0.418. The molecule has 1 aliphatic heterocycles. The molecule has 1 atom stereocenters. The van der Waals surface area contributed by atoms with Crippen LogP contribution in [0.3, 0.4) is 0 Å². The highest BCUT2D eigenvalue weighted by atomic mass is 32.1. The maximum Gasteiger partial charge on any atom is 0.326 e. The molecule has 3 aromatic carbocycles. The van der Waals surface area contributed by atoms with E-state index in [0.717, 1.165) is 28.1 Å². The van der Waals surface area contributed by atoms with Crippen molar-refractivity contribution >= 4 is 40.6 Å². The van der Waals surface area contributed by atoms with E-state index in [0.29, 0.717) is 22.8 Å². The van der Waals surface area contributed by atoms with E-state index >= 15 is 0 Å². The minimum atomic E-state index is -0.990. The largest absolute Gasteiger partial charge is 0.480 e. The van der Waals surface area contributed by atoms with Crippen LogP contribution in [0.15, 0.2) is 66.7 Å². The molecule has 0 radical (unpaired) electrons. The zero-order valence-electron chi connectivity index (χ0n) is 19.3. The molecule has 1 heterocycles. The van der Waals surface area contributed by atoms with Crippen molar-refractivity contribution in [2.45, 2.75) is 26.4 Å². The van der Waals surface area contributed by atoms with Gasteiger partial charge in [-0.05, 0) is 77.3 Å². The van der Waals surface area contributed by atoms with E-state index in [1.165, 1.54) is 4.90 Å². The highest BCUT2D eigenvalue weighted by Gasteiger charge is 2.38. The predicted molar refractivity (Wildman–Crippen MR) is 139 cm³/mol. The summed E-state index contributed by atoms with van der Waals surface area (Å²) in [7, 11) is 0. The van der Waals surface area contributed by atoms with Gasteiger partial charge in [0.05, 0.1) is 11.6 Å². The van der Waals surface area contributed by atoms with Gasteiger partial charge >= 0.3 is 5.97 Å². The number of carboxylic acid groups (broad SMARTS) is 1. The summed E-state index contributed by atoms with van der Waals surface area (Å²) in [5, 5.41) is 25.1. The summed E-state index contributed by atoms with van der Waals surface area (Å²) in [5.74, 6) is -1.43. The van der Waals surface area contributed by atoms with Crippen molar-refractivity contribution in [1.82, 2.24) is 4.90 Å². The number of carbonyl (C=O) groups excluding carboxylic acids is 1. The van der Waals surface area contributed by atoms with Crippen molar-refractivity contribution in [1.29, 1.82) is 5.26 Å². The van der Waals surface area contributed by atoms with E-state index < -0.39 is 12.0 Å². The number of fused-ring (bicyclic) bond motifs is 1. The first-order valence-electron chi connectivity index (χ1n) is 11.1. The van der Waals surface area contributed by atoms with Crippen LogP contribution >= 0.6 is 12.2 Å². The van der Waals surface area contributed by atoms with E-state index in [1.807, 2.05) is 56.3 Å². The maximum atomic E-state index is 13.0. The van der Waals surface area contributed by atoms with Crippen LogP contribution in [0.2, 0.25) is 0 Å². The summed E-state index contributed by atoms with van der Waals surface area (Å²) in [5.41, 5.74) is 5.33. The Morgan fingerprint density at radius 3 is 2.11 bits per heavy atom. The van der Waals surface area contributed by atoms with Crippen molar-refractivity contribution in [2.24, 2.45) is 5.92 Å². The average molecular weight is 485 g/mol. The number of carbonyl (C=O) groups is 2. The van der Waals surface area contributed by atoms with Crippen LogP contribution in [-0.4, -0.2) is 33.0 Å². The van der Waals surface area contributed by atoms with Crippen LogP contribution in [0.1, 0.15) is 35.3 Å². The Morgan fingerprint density at radius 1 is 1.00 bits per heavy atom. The van der Waals surface area contributed by atoms with E-state index in [-0.39, 0.29) is 11.8 Å². The Balaban J connectivity index is 1.45. The zero-order chi connectivity index (χ0) is 25.1. The third-order valence-corrected chi connectivity index (χ3v) is 6.11. The number of benzene rings is 3. The summed E-state index contributed by atoms with van der Waals surface area (Å²) in [6.07, 6.45) is 0. The SMILES string of the molecule is CC(C)[C@@H](C(=O)O)N1Cc2ccc(-c3ccc(NC(=S)Nc4ccc(C#N)cc4)cc3)cc2C1=O. The molecule has 0 bridgehead atoms. The first-order valence-corrected chi connectivity index (χ1v) is 11.5. The molecule has 0 saturated carbocycles. The van der Waals surface area contributed by atoms with E-state index in [4.69, 9.17) is 17.5 Å². The van der Waals surface area contributed by atoms with Gasteiger partial charge in [-0.3, -0.25) is 4.79 Å². The molecule has 0 aliphatic carbocycles. The Kier molecular flexibility index (Phi) is 6.80. The fourth-order valence-corrected chi connectivity index (χ4v) is 4.41. The zero-order valence-corrected chi connectivity index (χ0v) is 20.1. The lowest BCUT2D eigenvalue weighted by molar-refractivity contribution is -0.144. The molecule has 35 heavy (non-hydrogen) atoms. The van der Waals surface area contributed by atoms with Crippen molar-refractivity contribution in [3.63, 3.8) is 0 Å². The minimum absolute atomic E-state index is 0.192. The van der Waals surface area contributed by atoms with Gasteiger partial charge in [0.25, 0.3) is 5.91 Å².